The predicted molar refractivity (Wildman–Crippen MR) is 54.1 cm³/mol. The van der Waals surface area contributed by atoms with E-state index in [4.69, 9.17) is 5.73 Å². The average molecular weight is 203 g/mol. The smallest absolute Gasteiger partial charge is 0.274 e. The van der Waals surface area contributed by atoms with Crippen molar-refractivity contribution in [1.82, 2.24) is 0 Å². The molecule has 1 aromatic carbocycles. The molecule has 0 amide bonds. The van der Waals surface area contributed by atoms with Crippen LogP contribution in [0.15, 0.2) is 18.2 Å². The molecule has 72 valence electrons. The molecule has 0 bridgehead atoms. The van der Waals surface area contributed by atoms with E-state index in [1.54, 1.807) is 12.1 Å². The summed E-state index contributed by atoms with van der Waals surface area (Å²) < 4.78 is 0. The molecule has 0 unspecified atom stereocenters. The molecule has 4 nitrogen and oxygen atoms in total. The van der Waals surface area contributed by atoms with Gasteiger partial charge in [-0.1, -0.05) is 13.0 Å². The summed E-state index contributed by atoms with van der Waals surface area (Å²) >= 11 is 0. The molecule has 0 aliphatic rings. The van der Waals surface area contributed by atoms with Crippen molar-refractivity contribution in [3.8, 4) is 0 Å². The normalized spacial score (nSPS) is 9.00. The topological polar surface area (TPSA) is 69.2 Å². The third-order valence-corrected chi connectivity index (χ3v) is 1.69. The van der Waals surface area contributed by atoms with Gasteiger partial charge in [-0.25, -0.2) is 0 Å². The molecule has 0 saturated carbocycles. The minimum absolute atomic E-state index is 0. The molecule has 13 heavy (non-hydrogen) atoms. The Kier molecular flexibility index (Phi) is 4.20. The lowest BCUT2D eigenvalue weighted by molar-refractivity contribution is -0.385. The SMILES string of the molecule is CCc1ccc(N)cc1[N+](=O)[O-].Cl. The summed E-state index contributed by atoms with van der Waals surface area (Å²) in [5.74, 6) is 0. The minimum atomic E-state index is -0.408. The number of aryl methyl sites for hydroxylation is 1. The number of benzene rings is 1. The lowest BCUT2D eigenvalue weighted by atomic mass is 10.1. The number of hydrogen-bond acceptors (Lipinski definition) is 3. The molecule has 0 radical (unpaired) electrons. The van der Waals surface area contributed by atoms with Crippen molar-refractivity contribution in [2.45, 2.75) is 13.3 Å². The Bertz CT molecular complexity index is 315. The van der Waals surface area contributed by atoms with Gasteiger partial charge in [-0.2, -0.15) is 0 Å². The van der Waals surface area contributed by atoms with Crippen molar-refractivity contribution in [3.63, 3.8) is 0 Å². The Labute approximate surface area is 82.3 Å². The third-order valence-electron chi connectivity index (χ3n) is 1.69. The molecule has 0 aliphatic heterocycles. The molecule has 0 aromatic heterocycles. The lowest BCUT2D eigenvalue weighted by Crippen LogP contribution is -1.95. The highest BCUT2D eigenvalue weighted by atomic mass is 35.5. The zero-order valence-electron chi connectivity index (χ0n) is 7.19. The summed E-state index contributed by atoms with van der Waals surface area (Å²) in [6.45, 7) is 1.87. The van der Waals surface area contributed by atoms with Gasteiger partial charge in [-0.3, -0.25) is 10.1 Å². The number of nitro benzene ring substituents is 1. The van der Waals surface area contributed by atoms with Crippen LogP contribution in [-0.2, 0) is 6.42 Å². The van der Waals surface area contributed by atoms with Gasteiger partial charge in [0.25, 0.3) is 5.69 Å². The number of nitrogens with zero attached hydrogens (tertiary/aromatic N) is 1. The van der Waals surface area contributed by atoms with Crippen molar-refractivity contribution in [2.75, 3.05) is 5.73 Å². The molecule has 0 spiro atoms. The number of anilines is 1. The Morgan fingerprint density at radius 3 is 2.62 bits per heavy atom. The first-order valence-corrected chi connectivity index (χ1v) is 3.68. The van der Waals surface area contributed by atoms with Crippen molar-refractivity contribution in [3.05, 3.63) is 33.9 Å². The van der Waals surface area contributed by atoms with E-state index in [1.807, 2.05) is 6.92 Å². The van der Waals surface area contributed by atoms with Gasteiger partial charge in [0, 0.05) is 17.3 Å². The van der Waals surface area contributed by atoms with E-state index in [0.29, 0.717) is 17.7 Å². The molecular formula is C8H11ClN2O2. The molecular weight excluding hydrogens is 192 g/mol. The second-order valence-electron chi connectivity index (χ2n) is 2.50. The molecule has 0 atom stereocenters. The number of nitrogens with two attached hydrogens (primary N) is 1. The van der Waals surface area contributed by atoms with Crippen molar-refractivity contribution < 1.29 is 4.92 Å². The summed E-state index contributed by atoms with van der Waals surface area (Å²) in [4.78, 5) is 10.1. The van der Waals surface area contributed by atoms with E-state index in [0.717, 1.165) is 0 Å². The predicted octanol–water partition coefficient (Wildman–Crippen LogP) is 2.16. The Morgan fingerprint density at radius 1 is 1.54 bits per heavy atom. The van der Waals surface area contributed by atoms with Gasteiger partial charge in [0.2, 0.25) is 0 Å². The van der Waals surface area contributed by atoms with E-state index < -0.39 is 4.92 Å². The molecule has 0 heterocycles. The van der Waals surface area contributed by atoms with Crippen LogP contribution in [0, 0.1) is 10.1 Å². The van der Waals surface area contributed by atoms with Crippen molar-refractivity contribution >= 4 is 23.8 Å². The van der Waals surface area contributed by atoms with Gasteiger partial charge >= 0.3 is 0 Å². The van der Waals surface area contributed by atoms with Gasteiger partial charge < -0.3 is 5.73 Å². The zero-order chi connectivity index (χ0) is 9.14. The first-order valence-electron chi connectivity index (χ1n) is 3.68. The zero-order valence-corrected chi connectivity index (χ0v) is 8.00. The molecule has 2 N–H and O–H groups in total. The lowest BCUT2D eigenvalue weighted by Gasteiger charge is -1.99. The molecule has 0 fully saturated rings. The van der Waals surface area contributed by atoms with Gasteiger partial charge in [-0.15, -0.1) is 12.4 Å². The van der Waals surface area contributed by atoms with E-state index in [9.17, 15) is 10.1 Å². The van der Waals surface area contributed by atoms with Gasteiger partial charge in [0.1, 0.15) is 0 Å². The fourth-order valence-electron chi connectivity index (χ4n) is 1.05. The van der Waals surface area contributed by atoms with Gasteiger partial charge in [0.15, 0.2) is 0 Å². The maximum absolute atomic E-state index is 10.5. The van der Waals surface area contributed by atoms with Crippen LogP contribution in [0.2, 0.25) is 0 Å². The van der Waals surface area contributed by atoms with Crippen LogP contribution < -0.4 is 5.73 Å². The second kappa shape index (κ2) is 4.67. The number of nitrogen functional groups attached to an aromatic ring is 1. The van der Waals surface area contributed by atoms with Crippen molar-refractivity contribution in [1.29, 1.82) is 0 Å². The molecule has 0 saturated heterocycles. The summed E-state index contributed by atoms with van der Waals surface area (Å²) in [5, 5.41) is 10.5. The van der Waals surface area contributed by atoms with E-state index in [-0.39, 0.29) is 18.1 Å². The summed E-state index contributed by atoms with van der Waals surface area (Å²) in [6, 6.07) is 4.75. The number of nitro groups is 1. The van der Waals surface area contributed by atoms with E-state index >= 15 is 0 Å². The Hall–Kier alpha value is -1.29. The minimum Gasteiger partial charge on any atom is -0.399 e. The fraction of sp³-hybridized carbons (Fsp3) is 0.250. The molecule has 5 heteroatoms. The van der Waals surface area contributed by atoms with Crippen LogP contribution in [0.1, 0.15) is 12.5 Å². The van der Waals surface area contributed by atoms with Gasteiger partial charge in [-0.05, 0) is 12.5 Å². The highest BCUT2D eigenvalue weighted by molar-refractivity contribution is 5.85. The molecule has 0 aliphatic carbocycles. The summed E-state index contributed by atoms with van der Waals surface area (Å²) in [6.07, 6.45) is 0.649. The molecule has 1 rings (SSSR count). The highest BCUT2D eigenvalue weighted by Gasteiger charge is 2.11. The van der Waals surface area contributed by atoms with Crippen LogP contribution in [0.3, 0.4) is 0 Å². The monoisotopic (exact) mass is 202 g/mol. The Balaban J connectivity index is 0.00000144. The van der Waals surface area contributed by atoms with Crippen LogP contribution in [-0.4, -0.2) is 4.92 Å². The maximum atomic E-state index is 10.5. The summed E-state index contributed by atoms with van der Waals surface area (Å²) in [7, 11) is 0. The van der Waals surface area contributed by atoms with Gasteiger partial charge in [0.05, 0.1) is 4.92 Å². The number of rotatable bonds is 2. The van der Waals surface area contributed by atoms with Crippen LogP contribution in [0.25, 0.3) is 0 Å². The van der Waals surface area contributed by atoms with Crippen LogP contribution >= 0.6 is 12.4 Å². The quantitative estimate of drug-likeness (QED) is 0.454. The second-order valence-corrected chi connectivity index (χ2v) is 2.50. The largest absolute Gasteiger partial charge is 0.399 e. The first-order chi connectivity index (χ1) is 5.65. The highest BCUT2D eigenvalue weighted by Crippen LogP contribution is 2.21. The number of hydrogen-bond donors (Lipinski definition) is 1. The average Bonchev–Trinajstić information content (AvgIpc) is 2.04. The first kappa shape index (κ1) is 11.7. The van der Waals surface area contributed by atoms with Crippen molar-refractivity contribution in [2.24, 2.45) is 0 Å². The standard InChI is InChI=1S/C8H10N2O2.ClH/c1-2-6-3-4-7(9)5-8(6)10(11)12;/h3-5H,2,9H2,1H3;1H. The van der Waals surface area contributed by atoms with E-state index in [2.05, 4.69) is 0 Å². The molecule has 1 aromatic rings. The third kappa shape index (κ3) is 2.59. The summed E-state index contributed by atoms with van der Waals surface area (Å²) in [5.41, 5.74) is 6.67. The van der Waals surface area contributed by atoms with E-state index in [1.165, 1.54) is 6.07 Å². The maximum Gasteiger partial charge on any atom is 0.274 e. The fourth-order valence-corrected chi connectivity index (χ4v) is 1.05. The Morgan fingerprint density at radius 2 is 2.15 bits per heavy atom. The van der Waals surface area contributed by atoms with Crippen LogP contribution in [0.5, 0.6) is 0 Å². The van der Waals surface area contributed by atoms with Crippen LogP contribution in [0.4, 0.5) is 11.4 Å². The number of halogens is 1.